The number of ether oxygens (including phenoxy) is 1. The Labute approximate surface area is 139 Å². The van der Waals surface area contributed by atoms with Crippen LogP contribution in [0.25, 0.3) is 0 Å². The zero-order valence-electron chi connectivity index (χ0n) is 12.9. The number of rotatable bonds is 6. The molecule has 0 unspecified atom stereocenters. The summed E-state index contributed by atoms with van der Waals surface area (Å²) in [6.45, 7) is 1.03. The van der Waals surface area contributed by atoms with Gasteiger partial charge in [-0.3, -0.25) is 4.68 Å². The summed E-state index contributed by atoms with van der Waals surface area (Å²) in [7, 11) is 0. The standard InChI is InChI=1S/C17H17N5O2/c23-17(18-10-12-22-13-11-19-21-22)20-14-6-8-16(9-7-14)24-15-4-2-1-3-5-15/h1-9,11,13H,10,12H2,(H2,18,20,23). The second-order valence-electron chi connectivity index (χ2n) is 4.99. The molecule has 0 bridgehead atoms. The van der Waals surface area contributed by atoms with Gasteiger partial charge in [0.25, 0.3) is 0 Å². The zero-order chi connectivity index (χ0) is 16.6. The van der Waals surface area contributed by atoms with E-state index in [0.29, 0.717) is 24.5 Å². The Hall–Kier alpha value is -3.35. The van der Waals surface area contributed by atoms with Crippen LogP contribution in [0.4, 0.5) is 10.5 Å². The molecule has 0 fully saturated rings. The summed E-state index contributed by atoms with van der Waals surface area (Å²) in [5, 5.41) is 13.0. The van der Waals surface area contributed by atoms with E-state index in [1.165, 1.54) is 0 Å². The Balaban J connectivity index is 1.46. The minimum Gasteiger partial charge on any atom is -0.457 e. The van der Waals surface area contributed by atoms with Crippen molar-refractivity contribution in [2.45, 2.75) is 6.54 Å². The van der Waals surface area contributed by atoms with E-state index in [4.69, 9.17) is 4.74 Å². The first-order chi connectivity index (χ1) is 11.8. The molecule has 3 rings (SSSR count). The van der Waals surface area contributed by atoms with Crippen LogP contribution in [0.15, 0.2) is 67.0 Å². The number of hydrogen-bond donors (Lipinski definition) is 2. The second kappa shape index (κ2) is 7.77. The van der Waals surface area contributed by atoms with Crippen LogP contribution >= 0.6 is 0 Å². The number of benzene rings is 2. The van der Waals surface area contributed by atoms with Crippen LogP contribution in [0.2, 0.25) is 0 Å². The quantitative estimate of drug-likeness (QED) is 0.731. The molecule has 0 aliphatic heterocycles. The van der Waals surface area contributed by atoms with Crippen LogP contribution in [-0.2, 0) is 6.54 Å². The van der Waals surface area contributed by atoms with Gasteiger partial charge in [-0.2, -0.15) is 0 Å². The van der Waals surface area contributed by atoms with Gasteiger partial charge >= 0.3 is 6.03 Å². The molecule has 0 spiro atoms. The average molecular weight is 323 g/mol. The summed E-state index contributed by atoms with van der Waals surface area (Å²) in [4.78, 5) is 11.8. The summed E-state index contributed by atoms with van der Waals surface area (Å²) < 4.78 is 7.35. The molecule has 0 atom stereocenters. The van der Waals surface area contributed by atoms with Crippen molar-refractivity contribution in [3.05, 3.63) is 67.0 Å². The number of amides is 2. The largest absolute Gasteiger partial charge is 0.457 e. The molecule has 1 heterocycles. The highest BCUT2D eigenvalue weighted by Gasteiger charge is 2.02. The van der Waals surface area contributed by atoms with Crippen molar-refractivity contribution in [1.29, 1.82) is 0 Å². The average Bonchev–Trinajstić information content (AvgIpc) is 3.11. The van der Waals surface area contributed by atoms with Crippen LogP contribution < -0.4 is 15.4 Å². The molecule has 0 aliphatic carbocycles. The number of carbonyl (C=O) groups is 1. The van der Waals surface area contributed by atoms with Crippen molar-refractivity contribution in [3.63, 3.8) is 0 Å². The van der Waals surface area contributed by atoms with Crippen LogP contribution in [0, 0.1) is 0 Å². The zero-order valence-corrected chi connectivity index (χ0v) is 12.9. The molecular formula is C17H17N5O2. The van der Waals surface area contributed by atoms with Crippen LogP contribution in [0.1, 0.15) is 0 Å². The van der Waals surface area contributed by atoms with E-state index in [9.17, 15) is 4.79 Å². The normalized spacial score (nSPS) is 10.2. The SMILES string of the molecule is O=C(NCCn1ccnn1)Nc1ccc(Oc2ccccc2)cc1. The Morgan fingerprint density at radius 3 is 2.50 bits per heavy atom. The minimum absolute atomic E-state index is 0.271. The predicted octanol–water partition coefficient (Wildman–Crippen LogP) is 2.89. The molecule has 122 valence electrons. The maximum Gasteiger partial charge on any atom is 0.319 e. The molecule has 2 amide bonds. The van der Waals surface area contributed by atoms with Gasteiger partial charge in [-0.1, -0.05) is 23.4 Å². The minimum atomic E-state index is -0.271. The lowest BCUT2D eigenvalue weighted by atomic mass is 10.3. The molecule has 1 aromatic heterocycles. The lowest BCUT2D eigenvalue weighted by molar-refractivity contribution is 0.251. The molecule has 3 aromatic rings. The highest BCUT2D eigenvalue weighted by molar-refractivity contribution is 5.89. The number of urea groups is 1. The number of hydrogen-bond acceptors (Lipinski definition) is 4. The summed E-state index contributed by atoms with van der Waals surface area (Å²) in [6.07, 6.45) is 3.34. The van der Waals surface area contributed by atoms with Crippen LogP contribution in [0.5, 0.6) is 11.5 Å². The van der Waals surface area contributed by atoms with Gasteiger partial charge < -0.3 is 15.4 Å². The first-order valence-corrected chi connectivity index (χ1v) is 7.51. The number of nitrogens with one attached hydrogen (secondary N) is 2. The number of carbonyl (C=O) groups excluding carboxylic acids is 1. The van der Waals surface area contributed by atoms with Gasteiger partial charge in [0.05, 0.1) is 12.7 Å². The maximum atomic E-state index is 11.8. The van der Waals surface area contributed by atoms with Gasteiger partial charge in [-0.25, -0.2) is 4.79 Å². The molecule has 0 saturated carbocycles. The van der Waals surface area contributed by atoms with Gasteiger partial charge in [-0.15, -0.1) is 5.10 Å². The van der Waals surface area contributed by atoms with Gasteiger partial charge in [-0.05, 0) is 36.4 Å². The van der Waals surface area contributed by atoms with E-state index in [1.807, 2.05) is 30.3 Å². The summed E-state index contributed by atoms with van der Waals surface area (Å²) in [5.74, 6) is 1.47. The smallest absolute Gasteiger partial charge is 0.319 e. The third-order valence-electron chi connectivity index (χ3n) is 3.19. The molecule has 7 nitrogen and oxygen atoms in total. The van der Waals surface area contributed by atoms with Crippen molar-refractivity contribution >= 4 is 11.7 Å². The fourth-order valence-electron chi connectivity index (χ4n) is 2.04. The first kappa shape index (κ1) is 15.5. The molecule has 0 radical (unpaired) electrons. The fourth-order valence-corrected chi connectivity index (χ4v) is 2.04. The lowest BCUT2D eigenvalue weighted by Crippen LogP contribution is -2.31. The van der Waals surface area contributed by atoms with Crippen LogP contribution in [0.3, 0.4) is 0 Å². The second-order valence-corrected chi connectivity index (χ2v) is 4.99. The highest BCUT2D eigenvalue weighted by Crippen LogP contribution is 2.22. The molecule has 0 saturated heterocycles. The molecule has 0 aliphatic rings. The highest BCUT2D eigenvalue weighted by atomic mass is 16.5. The predicted molar refractivity (Wildman–Crippen MR) is 90.0 cm³/mol. The first-order valence-electron chi connectivity index (χ1n) is 7.51. The van der Waals surface area contributed by atoms with Gasteiger partial charge in [0.2, 0.25) is 0 Å². The van der Waals surface area contributed by atoms with Crippen molar-refractivity contribution in [3.8, 4) is 11.5 Å². The Morgan fingerprint density at radius 1 is 1.04 bits per heavy atom. The monoisotopic (exact) mass is 323 g/mol. The topological polar surface area (TPSA) is 81.1 Å². The van der Waals surface area contributed by atoms with E-state index in [1.54, 1.807) is 41.3 Å². The third kappa shape index (κ3) is 4.57. The van der Waals surface area contributed by atoms with E-state index in [2.05, 4.69) is 20.9 Å². The van der Waals surface area contributed by atoms with Gasteiger partial charge in [0, 0.05) is 18.4 Å². The van der Waals surface area contributed by atoms with Crippen molar-refractivity contribution in [1.82, 2.24) is 20.3 Å². The van der Waals surface area contributed by atoms with E-state index < -0.39 is 0 Å². The molecular weight excluding hydrogens is 306 g/mol. The van der Waals surface area contributed by atoms with Crippen molar-refractivity contribution in [2.75, 3.05) is 11.9 Å². The fraction of sp³-hybridized carbons (Fsp3) is 0.118. The van der Waals surface area contributed by atoms with Crippen molar-refractivity contribution in [2.24, 2.45) is 0 Å². The van der Waals surface area contributed by atoms with Crippen molar-refractivity contribution < 1.29 is 9.53 Å². The number of nitrogens with zero attached hydrogens (tertiary/aromatic N) is 3. The number of anilines is 1. The molecule has 7 heteroatoms. The lowest BCUT2D eigenvalue weighted by Gasteiger charge is -2.09. The number of para-hydroxylation sites is 1. The summed E-state index contributed by atoms with van der Waals surface area (Å²) >= 11 is 0. The Morgan fingerprint density at radius 2 is 1.79 bits per heavy atom. The molecule has 2 N–H and O–H groups in total. The maximum absolute atomic E-state index is 11.8. The van der Waals surface area contributed by atoms with E-state index in [-0.39, 0.29) is 6.03 Å². The van der Waals surface area contributed by atoms with Crippen LogP contribution in [-0.4, -0.2) is 27.6 Å². The Kier molecular flexibility index (Phi) is 5.03. The summed E-state index contributed by atoms with van der Waals surface area (Å²) in [5.41, 5.74) is 0.689. The van der Waals surface area contributed by atoms with Gasteiger partial charge in [0.1, 0.15) is 11.5 Å². The van der Waals surface area contributed by atoms with Gasteiger partial charge in [0.15, 0.2) is 0 Å². The van der Waals surface area contributed by atoms with E-state index in [0.717, 1.165) is 5.75 Å². The van der Waals surface area contributed by atoms with E-state index >= 15 is 0 Å². The third-order valence-corrected chi connectivity index (χ3v) is 3.19. The molecule has 24 heavy (non-hydrogen) atoms. The summed E-state index contributed by atoms with van der Waals surface area (Å²) in [6, 6.07) is 16.4. The molecule has 2 aromatic carbocycles. The Bertz CT molecular complexity index is 757. The number of aromatic nitrogens is 3.